The van der Waals surface area contributed by atoms with E-state index in [1.54, 1.807) is 12.3 Å². The fraction of sp³-hybridized carbons (Fsp3) is 0.438. The van der Waals surface area contributed by atoms with Gasteiger partial charge in [-0.1, -0.05) is 6.58 Å². The van der Waals surface area contributed by atoms with Crippen molar-refractivity contribution in [3.63, 3.8) is 0 Å². The quantitative estimate of drug-likeness (QED) is 0.666. The lowest BCUT2D eigenvalue weighted by Crippen LogP contribution is -2.27. The van der Waals surface area contributed by atoms with Crippen LogP contribution in [0.5, 0.6) is 0 Å². The molecule has 0 radical (unpaired) electrons. The average Bonchev–Trinajstić information content (AvgIpc) is 2.97. The lowest BCUT2D eigenvalue weighted by Gasteiger charge is -2.28. The Balaban J connectivity index is 1.63. The molecule has 2 heterocycles. The minimum Gasteiger partial charge on any atom is -0.459 e. The zero-order chi connectivity index (χ0) is 15.5. The second-order valence-corrected chi connectivity index (χ2v) is 6.05. The van der Waals surface area contributed by atoms with E-state index in [9.17, 15) is 4.79 Å². The minimum atomic E-state index is 0.135. The number of carbonyl (C=O) groups excluding carboxylic acids is 1. The largest absolute Gasteiger partial charge is 0.459 e. The van der Waals surface area contributed by atoms with Crippen LogP contribution in [0.15, 0.2) is 29.4 Å². The molecule has 0 unspecified atom stereocenters. The second kappa shape index (κ2) is 6.48. The Morgan fingerprint density at radius 1 is 1.41 bits per heavy atom. The molecule has 22 heavy (non-hydrogen) atoms. The maximum Gasteiger partial charge on any atom is 0.225 e. The summed E-state index contributed by atoms with van der Waals surface area (Å²) in [5.41, 5.74) is 1.33. The second-order valence-electron chi connectivity index (χ2n) is 5.71. The molecule has 0 bridgehead atoms. The molecule has 0 atom stereocenters. The van der Waals surface area contributed by atoms with Gasteiger partial charge in [0.2, 0.25) is 5.28 Å². The minimum absolute atomic E-state index is 0.135. The molecule has 116 valence electrons. The van der Waals surface area contributed by atoms with E-state index in [2.05, 4.69) is 21.9 Å². The summed E-state index contributed by atoms with van der Waals surface area (Å²) in [6, 6.07) is 2.08. The first-order chi connectivity index (χ1) is 10.7. The molecular formula is C16H18ClN3O2. The normalized spacial score (nSPS) is 21.7. The third-order valence-electron chi connectivity index (χ3n) is 4.18. The third-order valence-corrected chi connectivity index (χ3v) is 4.35. The highest BCUT2D eigenvalue weighted by molar-refractivity contribution is 6.28. The molecule has 1 aliphatic carbocycles. The SMILES string of the molecule is C=CC(=O)CC1CCC(Nc2nc(Cl)nc3ccoc23)CC1. The number of allylic oxidation sites excluding steroid dienone is 1. The number of furan rings is 1. The van der Waals surface area contributed by atoms with Gasteiger partial charge in [0, 0.05) is 18.5 Å². The van der Waals surface area contributed by atoms with Crippen molar-refractivity contribution in [3.05, 3.63) is 30.3 Å². The standard InChI is InChI=1S/C16H18ClN3O2/c1-2-12(21)9-10-3-5-11(6-4-10)18-15-14-13(7-8-22-14)19-16(17)20-15/h2,7-8,10-11H,1,3-6,9H2,(H,18,19,20). The molecule has 6 heteroatoms. The van der Waals surface area contributed by atoms with Crippen LogP contribution in [0, 0.1) is 5.92 Å². The van der Waals surface area contributed by atoms with Crippen molar-refractivity contribution in [2.24, 2.45) is 5.92 Å². The summed E-state index contributed by atoms with van der Waals surface area (Å²) < 4.78 is 5.43. The molecular weight excluding hydrogens is 302 g/mol. The van der Waals surface area contributed by atoms with Crippen molar-refractivity contribution < 1.29 is 9.21 Å². The topological polar surface area (TPSA) is 68.0 Å². The fourth-order valence-electron chi connectivity index (χ4n) is 3.01. The van der Waals surface area contributed by atoms with Gasteiger partial charge < -0.3 is 9.73 Å². The van der Waals surface area contributed by atoms with Gasteiger partial charge in [0.05, 0.1) is 6.26 Å². The van der Waals surface area contributed by atoms with Gasteiger partial charge in [0.15, 0.2) is 17.2 Å². The van der Waals surface area contributed by atoms with E-state index in [0.717, 1.165) is 25.7 Å². The maximum atomic E-state index is 11.4. The summed E-state index contributed by atoms with van der Waals surface area (Å²) in [5, 5.41) is 3.61. The van der Waals surface area contributed by atoms with Gasteiger partial charge in [-0.05, 0) is 49.3 Å². The van der Waals surface area contributed by atoms with E-state index in [0.29, 0.717) is 35.3 Å². The van der Waals surface area contributed by atoms with E-state index >= 15 is 0 Å². The molecule has 0 spiro atoms. The van der Waals surface area contributed by atoms with Gasteiger partial charge in [0.25, 0.3) is 0 Å². The van der Waals surface area contributed by atoms with Crippen LogP contribution in [0.2, 0.25) is 5.28 Å². The van der Waals surface area contributed by atoms with E-state index in [1.165, 1.54) is 6.08 Å². The summed E-state index contributed by atoms with van der Waals surface area (Å²) in [6.07, 6.45) is 7.66. The molecule has 5 nitrogen and oxygen atoms in total. The Morgan fingerprint density at radius 3 is 2.91 bits per heavy atom. The number of hydrogen-bond acceptors (Lipinski definition) is 5. The number of rotatable bonds is 5. The summed E-state index contributed by atoms with van der Waals surface area (Å²) in [4.78, 5) is 19.8. The molecule has 2 aromatic heterocycles. The molecule has 2 aromatic rings. The van der Waals surface area contributed by atoms with Crippen molar-refractivity contribution in [2.75, 3.05) is 5.32 Å². The molecule has 0 saturated heterocycles. The molecule has 0 aliphatic heterocycles. The van der Waals surface area contributed by atoms with Gasteiger partial charge in [0.1, 0.15) is 5.52 Å². The van der Waals surface area contributed by atoms with Crippen molar-refractivity contribution in [1.29, 1.82) is 0 Å². The first-order valence-electron chi connectivity index (χ1n) is 7.48. The van der Waals surface area contributed by atoms with Crippen LogP contribution < -0.4 is 5.32 Å². The molecule has 1 N–H and O–H groups in total. The van der Waals surface area contributed by atoms with E-state index in [1.807, 2.05) is 0 Å². The number of hydrogen-bond donors (Lipinski definition) is 1. The summed E-state index contributed by atoms with van der Waals surface area (Å²) in [5.74, 6) is 1.24. The average molecular weight is 320 g/mol. The molecule has 0 aromatic carbocycles. The Morgan fingerprint density at radius 2 is 2.18 bits per heavy atom. The maximum absolute atomic E-state index is 11.4. The van der Waals surface area contributed by atoms with E-state index in [4.69, 9.17) is 16.0 Å². The van der Waals surface area contributed by atoms with Gasteiger partial charge in [-0.2, -0.15) is 4.98 Å². The van der Waals surface area contributed by atoms with Crippen LogP contribution in [0.4, 0.5) is 5.82 Å². The predicted molar refractivity (Wildman–Crippen MR) is 86.0 cm³/mol. The number of anilines is 1. The Hall–Kier alpha value is -1.88. The van der Waals surface area contributed by atoms with E-state index < -0.39 is 0 Å². The Labute approximate surface area is 133 Å². The zero-order valence-corrected chi connectivity index (χ0v) is 13.0. The van der Waals surface area contributed by atoms with Crippen LogP contribution in [-0.4, -0.2) is 21.8 Å². The van der Waals surface area contributed by atoms with Gasteiger partial charge in [-0.15, -0.1) is 0 Å². The summed E-state index contributed by atoms with van der Waals surface area (Å²) >= 11 is 5.94. The summed E-state index contributed by atoms with van der Waals surface area (Å²) in [7, 11) is 0. The third kappa shape index (κ3) is 3.30. The molecule has 1 fully saturated rings. The summed E-state index contributed by atoms with van der Waals surface area (Å²) in [6.45, 7) is 3.53. The van der Waals surface area contributed by atoms with Crippen LogP contribution in [0.25, 0.3) is 11.1 Å². The van der Waals surface area contributed by atoms with Crippen molar-refractivity contribution in [1.82, 2.24) is 9.97 Å². The molecule has 1 aliphatic rings. The number of nitrogens with one attached hydrogen (secondary N) is 1. The predicted octanol–water partition coefficient (Wildman–Crippen LogP) is 3.99. The first kappa shape index (κ1) is 15.0. The van der Waals surface area contributed by atoms with Gasteiger partial charge in [-0.3, -0.25) is 4.79 Å². The number of halogens is 1. The smallest absolute Gasteiger partial charge is 0.225 e. The van der Waals surface area contributed by atoms with Crippen LogP contribution in [-0.2, 0) is 4.79 Å². The van der Waals surface area contributed by atoms with Crippen LogP contribution in [0.1, 0.15) is 32.1 Å². The number of fused-ring (bicyclic) bond motifs is 1. The number of carbonyl (C=O) groups is 1. The van der Waals surface area contributed by atoms with Crippen molar-refractivity contribution in [3.8, 4) is 0 Å². The van der Waals surface area contributed by atoms with Gasteiger partial charge >= 0.3 is 0 Å². The van der Waals surface area contributed by atoms with Crippen molar-refractivity contribution in [2.45, 2.75) is 38.1 Å². The number of aromatic nitrogens is 2. The van der Waals surface area contributed by atoms with Crippen LogP contribution in [0.3, 0.4) is 0 Å². The molecule has 3 rings (SSSR count). The highest BCUT2D eigenvalue weighted by atomic mass is 35.5. The highest BCUT2D eigenvalue weighted by Gasteiger charge is 2.23. The Kier molecular flexibility index (Phi) is 4.43. The lowest BCUT2D eigenvalue weighted by atomic mass is 9.83. The lowest BCUT2D eigenvalue weighted by molar-refractivity contribution is -0.115. The highest BCUT2D eigenvalue weighted by Crippen LogP contribution is 2.30. The number of nitrogens with zero attached hydrogens (tertiary/aromatic N) is 2. The van der Waals surface area contributed by atoms with E-state index in [-0.39, 0.29) is 11.1 Å². The van der Waals surface area contributed by atoms with Gasteiger partial charge in [-0.25, -0.2) is 4.98 Å². The molecule has 1 saturated carbocycles. The monoisotopic (exact) mass is 319 g/mol. The van der Waals surface area contributed by atoms with Crippen molar-refractivity contribution >= 4 is 34.3 Å². The fourth-order valence-corrected chi connectivity index (χ4v) is 3.18. The van der Waals surface area contributed by atoms with Crippen LogP contribution >= 0.6 is 11.6 Å². The first-order valence-corrected chi connectivity index (χ1v) is 7.86. The molecule has 0 amide bonds. The Bertz CT molecular complexity index is 690. The number of ketones is 1. The zero-order valence-electron chi connectivity index (χ0n) is 12.2.